The van der Waals surface area contributed by atoms with Crippen LogP contribution in [0.25, 0.3) is 0 Å². The summed E-state index contributed by atoms with van der Waals surface area (Å²) < 4.78 is 35.6. The first kappa shape index (κ1) is 17.8. The predicted octanol–water partition coefficient (Wildman–Crippen LogP) is 4.81. The van der Waals surface area contributed by atoms with Gasteiger partial charge in [0.15, 0.2) is 0 Å². The molecule has 0 fully saturated rings. The Kier molecular flexibility index (Phi) is 6.92. The van der Waals surface area contributed by atoms with E-state index in [2.05, 4.69) is 5.32 Å². The van der Waals surface area contributed by atoms with Crippen molar-refractivity contribution in [3.05, 3.63) is 53.5 Å². The first-order valence-electron chi connectivity index (χ1n) is 7.47. The lowest BCUT2D eigenvalue weighted by Gasteiger charge is -2.14. The molecule has 0 aliphatic rings. The van der Waals surface area contributed by atoms with E-state index >= 15 is 0 Å². The molecule has 3 nitrogen and oxygen atoms in total. The van der Waals surface area contributed by atoms with Crippen LogP contribution in [0, 0.1) is 0 Å². The average molecular weight is 341 g/mol. The van der Waals surface area contributed by atoms with Crippen molar-refractivity contribution in [2.45, 2.75) is 44.6 Å². The number of benzene rings is 1. The molecule has 0 bridgehead atoms. The van der Waals surface area contributed by atoms with Gasteiger partial charge in [-0.1, -0.05) is 30.0 Å². The van der Waals surface area contributed by atoms with Crippen LogP contribution in [0.4, 0.5) is 8.78 Å². The molecule has 1 N–H and O–H groups in total. The molecule has 0 unspecified atom stereocenters. The quantitative estimate of drug-likeness (QED) is 0.709. The summed E-state index contributed by atoms with van der Waals surface area (Å²) in [5, 5.41) is 3.28. The number of para-hydroxylation sites is 1. The normalized spacial score (nSPS) is 11.4. The molecule has 1 aromatic carbocycles. The van der Waals surface area contributed by atoms with Crippen molar-refractivity contribution >= 4 is 11.8 Å². The van der Waals surface area contributed by atoms with Gasteiger partial charge in [-0.15, -0.1) is 0 Å². The maximum Gasteiger partial charge on any atom is 0.284 e. The van der Waals surface area contributed by atoms with E-state index in [1.54, 1.807) is 6.07 Å². The van der Waals surface area contributed by atoms with E-state index in [0.717, 1.165) is 17.1 Å². The summed E-state index contributed by atoms with van der Waals surface area (Å²) in [4.78, 5) is 0. The van der Waals surface area contributed by atoms with Crippen LogP contribution >= 0.6 is 11.8 Å². The largest absolute Gasteiger partial charge is 0.491 e. The second kappa shape index (κ2) is 8.93. The van der Waals surface area contributed by atoms with Gasteiger partial charge in [0.2, 0.25) is 0 Å². The topological polar surface area (TPSA) is 34.4 Å². The number of halogens is 2. The third-order valence-electron chi connectivity index (χ3n) is 3.02. The number of furan rings is 1. The smallest absolute Gasteiger partial charge is 0.284 e. The van der Waals surface area contributed by atoms with Crippen molar-refractivity contribution in [1.29, 1.82) is 0 Å². The average Bonchev–Trinajstić information content (AvgIpc) is 2.94. The van der Waals surface area contributed by atoms with Gasteiger partial charge in [-0.25, -0.2) is 0 Å². The molecule has 126 valence electrons. The fraction of sp³-hybridized carbons (Fsp3) is 0.412. The van der Waals surface area contributed by atoms with E-state index in [1.807, 2.05) is 44.2 Å². The Balaban J connectivity index is 1.83. The van der Waals surface area contributed by atoms with Crippen LogP contribution in [0.5, 0.6) is 5.75 Å². The number of ether oxygens (including phenoxy) is 1. The zero-order valence-electron chi connectivity index (χ0n) is 13.2. The van der Waals surface area contributed by atoms with E-state index in [1.165, 1.54) is 0 Å². The van der Waals surface area contributed by atoms with Gasteiger partial charge in [-0.3, -0.25) is 0 Å². The Morgan fingerprint density at radius 2 is 1.83 bits per heavy atom. The first-order chi connectivity index (χ1) is 11.0. The molecular formula is C17H21F2NO2S. The molecule has 0 saturated carbocycles. The molecule has 1 aromatic heterocycles. The van der Waals surface area contributed by atoms with Gasteiger partial charge in [0.25, 0.3) is 5.76 Å². The van der Waals surface area contributed by atoms with Crippen LogP contribution in [0.1, 0.15) is 30.9 Å². The van der Waals surface area contributed by atoms with E-state index in [9.17, 15) is 8.78 Å². The van der Waals surface area contributed by atoms with Crippen LogP contribution in [-0.2, 0) is 18.8 Å². The Hall–Kier alpha value is -1.53. The van der Waals surface area contributed by atoms with Crippen molar-refractivity contribution in [3.8, 4) is 5.75 Å². The van der Waals surface area contributed by atoms with Crippen LogP contribution in [0.2, 0.25) is 0 Å². The summed E-state index contributed by atoms with van der Waals surface area (Å²) in [5.74, 6) is -0.0294. The zero-order valence-corrected chi connectivity index (χ0v) is 14.0. The van der Waals surface area contributed by atoms with Gasteiger partial charge in [-0.05, 0) is 32.0 Å². The van der Waals surface area contributed by atoms with Crippen molar-refractivity contribution in [2.75, 3.05) is 0 Å². The van der Waals surface area contributed by atoms with E-state index < -0.39 is 5.76 Å². The van der Waals surface area contributed by atoms with E-state index in [4.69, 9.17) is 9.15 Å². The van der Waals surface area contributed by atoms with Gasteiger partial charge in [-0.2, -0.15) is 8.78 Å². The summed E-state index contributed by atoms with van der Waals surface area (Å²) >= 11 is 0.562. The first-order valence-corrected chi connectivity index (χ1v) is 8.52. The van der Waals surface area contributed by atoms with Crippen molar-refractivity contribution in [3.63, 3.8) is 0 Å². The maximum absolute atomic E-state index is 12.1. The molecule has 0 amide bonds. The number of hydrogen-bond donors (Lipinski definition) is 1. The number of thioether (sulfide) groups is 1. The highest BCUT2D eigenvalue weighted by atomic mass is 32.2. The fourth-order valence-electron chi connectivity index (χ4n) is 2.08. The lowest BCUT2D eigenvalue weighted by molar-refractivity contribution is 0.239. The molecule has 2 rings (SSSR count). The minimum absolute atomic E-state index is 0.121. The van der Waals surface area contributed by atoms with Crippen LogP contribution in [-0.4, -0.2) is 11.9 Å². The summed E-state index contributed by atoms with van der Waals surface area (Å²) in [6, 6.07) is 11.4. The van der Waals surface area contributed by atoms with Crippen LogP contribution in [0.15, 0.2) is 40.8 Å². The van der Waals surface area contributed by atoms with Crippen LogP contribution in [0.3, 0.4) is 0 Å². The number of alkyl halides is 2. The molecule has 23 heavy (non-hydrogen) atoms. The molecule has 0 aliphatic carbocycles. The van der Waals surface area contributed by atoms with Gasteiger partial charge in [0, 0.05) is 12.1 Å². The van der Waals surface area contributed by atoms with E-state index in [-0.39, 0.29) is 11.9 Å². The maximum atomic E-state index is 12.1. The van der Waals surface area contributed by atoms with Gasteiger partial charge in [0.05, 0.1) is 18.4 Å². The highest BCUT2D eigenvalue weighted by Crippen LogP contribution is 2.22. The lowest BCUT2D eigenvalue weighted by Crippen LogP contribution is -2.14. The molecule has 0 aliphatic heterocycles. The summed E-state index contributed by atoms with van der Waals surface area (Å²) in [6.45, 7) is 5.16. The highest BCUT2D eigenvalue weighted by molar-refractivity contribution is 7.98. The molecular weight excluding hydrogens is 320 g/mol. The van der Waals surface area contributed by atoms with Gasteiger partial charge in [0.1, 0.15) is 17.3 Å². The Morgan fingerprint density at radius 1 is 1.09 bits per heavy atom. The minimum Gasteiger partial charge on any atom is -0.491 e. The fourth-order valence-corrected chi connectivity index (χ4v) is 2.52. The molecule has 6 heteroatoms. The number of rotatable bonds is 9. The third kappa shape index (κ3) is 6.23. The zero-order chi connectivity index (χ0) is 16.7. The van der Waals surface area contributed by atoms with Crippen molar-refractivity contribution in [2.24, 2.45) is 0 Å². The second-order valence-corrected chi connectivity index (χ2v) is 6.30. The predicted molar refractivity (Wildman–Crippen MR) is 88.8 cm³/mol. The van der Waals surface area contributed by atoms with Gasteiger partial charge < -0.3 is 14.5 Å². The molecule has 1 heterocycles. The summed E-state index contributed by atoms with van der Waals surface area (Å²) in [7, 11) is 0. The summed E-state index contributed by atoms with van der Waals surface area (Å²) in [6.07, 6.45) is 0.121. The Bertz CT molecular complexity index is 602. The molecule has 0 spiro atoms. The third-order valence-corrected chi connectivity index (χ3v) is 3.72. The minimum atomic E-state index is -2.38. The second-order valence-electron chi connectivity index (χ2n) is 5.32. The Morgan fingerprint density at radius 3 is 2.57 bits per heavy atom. The molecule has 0 saturated heterocycles. The highest BCUT2D eigenvalue weighted by Gasteiger charge is 2.08. The number of hydrogen-bond acceptors (Lipinski definition) is 4. The van der Waals surface area contributed by atoms with Crippen LogP contribution < -0.4 is 10.1 Å². The summed E-state index contributed by atoms with van der Waals surface area (Å²) in [5.41, 5.74) is 1.07. The number of nitrogens with one attached hydrogen (secondary N) is 1. The van der Waals surface area contributed by atoms with E-state index in [0.29, 0.717) is 30.6 Å². The molecule has 2 aromatic rings. The van der Waals surface area contributed by atoms with Gasteiger partial charge >= 0.3 is 0 Å². The monoisotopic (exact) mass is 341 g/mol. The molecule has 0 radical (unpaired) electrons. The SMILES string of the molecule is CC(C)Oc1ccccc1CNCc1ccc(CSC(F)F)o1. The standard InChI is InChI=1S/C17H21F2NO2S/c1-12(2)21-16-6-4-3-5-13(16)9-20-10-14-7-8-15(22-14)11-23-17(18)19/h3-8,12,17,20H,9-11H2,1-2H3. The lowest BCUT2D eigenvalue weighted by atomic mass is 10.2. The van der Waals surface area contributed by atoms with Crippen molar-refractivity contribution in [1.82, 2.24) is 5.32 Å². The van der Waals surface area contributed by atoms with Crippen molar-refractivity contribution < 1.29 is 17.9 Å². The Labute approximate surface area is 139 Å². The molecule has 0 atom stereocenters.